The van der Waals surface area contributed by atoms with Gasteiger partial charge in [0, 0.05) is 21.5 Å². The second-order valence-electron chi connectivity index (χ2n) is 4.95. The summed E-state index contributed by atoms with van der Waals surface area (Å²) in [5.41, 5.74) is 0.466. The zero-order valence-corrected chi connectivity index (χ0v) is 12.6. The Hall–Kier alpha value is -2.08. The summed E-state index contributed by atoms with van der Waals surface area (Å²) >= 11 is 1.69. The van der Waals surface area contributed by atoms with E-state index in [1.807, 2.05) is 19.1 Å². The Morgan fingerprint density at radius 1 is 1.18 bits per heavy atom. The summed E-state index contributed by atoms with van der Waals surface area (Å²) in [6.07, 6.45) is -1.02. The zero-order valence-electron chi connectivity index (χ0n) is 11.8. The first-order valence-corrected chi connectivity index (χ1v) is 7.51. The molecule has 0 saturated heterocycles. The van der Waals surface area contributed by atoms with E-state index in [0.29, 0.717) is 17.8 Å². The van der Waals surface area contributed by atoms with Crippen LogP contribution in [0.5, 0.6) is 0 Å². The van der Waals surface area contributed by atoms with E-state index >= 15 is 0 Å². The lowest BCUT2D eigenvalue weighted by Crippen LogP contribution is -1.98. The fourth-order valence-electron chi connectivity index (χ4n) is 2.20. The van der Waals surface area contributed by atoms with Crippen molar-refractivity contribution in [3.05, 3.63) is 63.7 Å². The van der Waals surface area contributed by atoms with Crippen molar-refractivity contribution in [3.8, 4) is 11.3 Å². The van der Waals surface area contributed by atoms with E-state index in [1.165, 1.54) is 15.8 Å². The number of hydrogen-bond donors (Lipinski definition) is 0. The molecule has 0 saturated carbocycles. The van der Waals surface area contributed by atoms with Gasteiger partial charge in [-0.05, 0) is 37.3 Å². The maximum absolute atomic E-state index is 13.6. The molecule has 114 valence electrons. The topological polar surface area (TPSA) is 17.8 Å². The minimum Gasteiger partial charge on any atom is -0.267 e. The number of benzene rings is 1. The van der Waals surface area contributed by atoms with Gasteiger partial charge in [-0.25, -0.2) is 13.2 Å². The predicted molar refractivity (Wildman–Crippen MR) is 80.7 cm³/mol. The Morgan fingerprint density at radius 2 is 2.00 bits per heavy atom. The minimum atomic E-state index is -2.81. The largest absolute Gasteiger partial charge is 0.267 e. The van der Waals surface area contributed by atoms with Crippen LogP contribution in [-0.4, -0.2) is 9.78 Å². The molecule has 0 amide bonds. The van der Waals surface area contributed by atoms with Gasteiger partial charge in [-0.2, -0.15) is 5.10 Å². The van der Waals surface area contributed by atoms with Gasteiger partial charge in [-0.3, -0.25) is 4.68 Å². The lowest BCUT2D eigenvalue weighted by Gasteiger charge is -2.04. The average Bonchev–Trinajstić information content (AvgIpc) is 3.08. The van der Waals surface area contributed by atoms with Gasteiger partial charge in [0.15, 0.2) is 0 Å². The standard InChI is InChI=1S/C16H13F3N2S/c1-10-2-4-12(22-10)9-21-7-6-15(20-21)11-3-5-13(16(18)19)14(17)8-11/h2-8,16H,9H2,1H3. The van der Waals surface area contributed by atoms with Crippen molar-refractivity contribution in [2.45, 2.75) is 19.9 Å². The molecule has 2 nitrogen and oxygen atoms in total. The summed E-state index contributed by atoms with van der Waals surface area (Å²) < 4.78 is 40.5. The molecule has 0 radical (unpaired) electrons. The Kier molecular flexibility index (Phi) is 4.02. The van der Waals surface area contributed by atoms with Gasteiger partial charge in [-0.15, -0.1) is 11.3 Å². The van der Waals surface area contributed by atoms with E-state index in [0.717, 1.165) is 12.1 Å². The Balaban J connectivity index is 1.83. The van der Waals surface area contributed by atoms with Crippen LogP contribution in [0.4, 0.5) is 13.2 Å². The fourth-order valence-corrected chi connectivity index (χ4v) is 3.08. The highest BCUT2D eigenvalue weighted by atomic mass is 32.1. The van der Waals surface area contributed by atoms with Crippen LogP contribution in [0.2, 0.25) is 0 Å². The van der Waals surface area contributed by atoms with Crippen molar-refractivity contribution >= 4 is 11.3 Å². The molecule has 0 aliphatic heterocycles. The SMILES string of the molecule is Cc1ccc(Cn2ccc(-c3ccc(C(F)F)c(F)c3)n2)s1. The number of rotatable bonds is 4. The van der Waals surface area contributed by atoms with Crippen LogP contribution in [0.15, 0.2) is 42.6 Å². The number of alkyl halides is 2. The molecule has 0 unspecified atom stereocenters. The first-order valence-electron chi connectivity index (χ1n) is 6.69. The second kappa shape index (κ2) is 5.96. The van der Waals surface area contributed by atoms with Crippen LogP contribution in [-0.2, 0) is 6.54 Å². The molecular weight excluding hydrogens is 309 g/mol. The predicted octanol–water partition coefficient (Wildman–Crippen LogP) is 5.05. The molecule has 0 spiro atoms. The fraction of sp³-hybridized carbons (Fsp3) is 0.188. The van der Waals surface area contributed by atoms with E-state index in [-0.39, 0.29) is 0 Å². The molecule has 1 aromatic carbocycles. The highest BCUT2D eigenvalue weighted by molar-refractivity contribution is 7.11. The smallest absolute Gasteiger partial charge is 0.266 e. The average molecular weight is 322 g/mol. The zero-order chi connectivity index (χ0) is 15.7. The molecular formula is C16H13F3N2S. The number of hydrogen-bond acceptors (Lipinski definition) is 2. The molecule has 22 heavy (non-hydrogen) atoms. The van der Waals surface area contributed by atoms with Crippen molar-refractivity contribution in [2.24, 2.45) is 0 Å². The van der Waals surface area contributed by atoms with E-state index in [9.17, 15) is 13.2 Å². The number of halogens is 3. The van der Waals surface area contributed by atoms with Crippen LogP contribution < -0.4 is 0 Å². The van der Waals surface area contributed by atoms with Crippen LogP contribution in [0.3, 0.4) is 0 Å². The molecule has 3 aromatic rings. The van der Waals surface area contributed by atoms with Gasteiger partial charge >= 0.3 is 0 Å². The monoisotopic (exact) mass is 322 g/mol. The van der Waals surface area contributed by atoms with Gasteiger partial charge in [0.05, 0.1) is 17.8 Å². The van der Waals surface area contributed by atoms with Crippen molar-refractivity contribution in [1.29, 1.82) is 0 Å². The number of aryl methyl sites for hydroxylation is 1. The third kappa shape index (κ3) is 3.06. The molecule has 0 N–H and O–H groups in total. The van der Waals surface area contributed by atoms with Crippen LogP contribution in [0.1, 0.15) is 21.7 Å². The summed E-state index contributed by atoms with van der Waals surface area (Å²) in [7, 11) is 0. The van der Waals surface area contributed by atoms with Crippen molar-refractivity contribution < 1.29 is 13.2 Å². The maximum Gasteiger partial charge on any atom is 0.266 e. The highest BCUT2D eigenvalue weighted by Gasteiger charge is 2.14. The molecule has 0 atom stereocenters. The molecule has 2 heterocycles. The number of nitrogens with zero attached hydrogens (tertiary/aromatic N) is 2. The summed E-state index contributed by atoms with van der Waals surface area (Å²) in [4.78, 5) is 2.40. The Labute approximate surface area is 129 Å². The number of thiophene rings is 1. The summed E-state index contributed by atoms with van der Waals surface area (Å²) in [5.74, 6) is -0.907. The first-order chi connectivity index (χ1) is 10.5. The Bertz CT molecular complexity index is 792. The van der Waals surface area contributed by atoms with Gasteiger partial charge in [0.2, 0.25) is 0 Å². The van der Waals surface area contributed by atoms with Crippen molar-refractivity contribution in [2.75, 3.05) is 0 Å². The molecule has 0 fully saturated rings. The van der Waals surface area contributed by atoms with Gasteiger partial charge in [0.1, 0.15) is 5.82 Å². The normalized spacial score (nSPS) is 11.3. The molecule has 0 aliphatic carbocycles. The van der Waals surface area contributed by atoms with Gasteiger partial charge in [0.25, 0.3) is 6.43 Å². The van der Waals surface area contributed by atoms with Gasteiger partial charge in [-0.1, -0.05) is 6.07 Å². The third-order valence-corrected chi connectivity index (χ3v) is 4.27. The van der Waals surface area contributed by atoms with Crippen molar-refractivity contribution in [1.82, 2.24) is 9.78 Å². The van der Waals surface area contributed by atoms with Crippen LogP contribution in [0.25, 0.3) is 11.3 Å². The minimum absolute atomic E-state index is 0.489. The molecule has 2 aromatic heterocycles. The van der Waals surface area contributed by atoms with Gasteiger partial charge < -0.3 is 0 Å². The summed E-state index contributed by atoms with van der Waals surface area (Å²) in [5, 5.41) is 4.37. The highest BCUT2D eigenvalue weighted by Crippen LogP contribution is 2.26. The molecule has 0 bridgehead atoms. The molecule has 6 heteroatoms. The lowest BCUT2D eigenvalue weighted by atomic mass is 10.1. The quantitative estimate of drug-likeness (QED) is 0.657. The second-order valence-corrected chi connectivity index (χ2v) is 6.32. The van der Waals surface area contributed by atoms with E-state index in [1.54, 1.807) is 28.3 Å². The van der Waals surface area contributed by atoms with E-state index < -0.39 is 17.8 Å². The molecule has 3 rings (SSSR count). The molecule has 0 aliphatic rings. The summed E-state index contributed by atoms with van der Waals surface area (Å²) in [6, 6.07) is 9.51. The van der Waals surface area contributed by atoms with E-state index in [2.05, 4.69) is 5.10 Å². The number of aromatic nitrogens is 2. The van der Waals surface area contributed by atoms with Crippen molar-refractivity contribution in [3.63, 3.8) is 0 Å². The lowest BCUT2D eigenvalue weighted by molar-refractivity contribution is 0.146. The first kappa shape index (κ1) is 14.8. The summed E-state index contributed by atoms with van der Waals surface area (Å²) in [6.45, 7) is 2.67. The van der Waals surface area contributed by atoms with Crippen LogP contribution in [0, 0.1) is 12.7 Å². The van der Waals surface area contributed by atoms with Crippen LogP contribution >= 0.6 is 11.3 Å². The Morgan fingerprint density at radius 3 is 2.64 bits per heavy atom. The van der Waals surface area contributed by atoms with E-state index in [4.69, 9.17) is 0 Å². The maximum atomic E-state index is 13.6. The third-order valence-electron chi connectivity index (χ3n) is 3.29.